The zero-order valence-electron chi connectivity index (χ0n) is 15.0. The smallest absolute Gasteiger partial charge is 0.224 e. The molecule has 7 heteroatoms. The van der Waals surface area contributed by atoms with Crippen LogP contribution in [0.1, 0.15) is 43.9 Å². The molecule has 1 aliphatic rings. The van der Waals surface area contributed by atoms with Crippen LogP contribution in [0.15, 0.2) is 35.8 Å². The highest BCUT2D eigenvalue weighted by Gasteiger charge is 2.28. The minimum absolute atomic E-state index is 0.0240. The van der Waals surface area contributed by atoms with E-state index in [1.165, 1.54) is 0 Å². The van der Waals surface area contributed by atoms with Crippen LogP contribution < -0.4 is 5.32 Å². The maximum absolute atomic E-state index is 10.9. The lowest BCUT2D eigenvalue weighted by Crippen LogP contribution is -2.27. The molecule has 0 bridgehead atoms. The van der Waals surface area contributed by atoms with E-state index in [-0.39, 0.29) is 6.04 Å². The first-order valence-corrected chi connectivity index (χ1v) is 9.84. The van der Waals surface area contributed by atoms with Crippen molar-refractivity contribution in [3.05, 3.63) is 47.2 Å². The summed E-state index contributed by atoms with van der Waals surface area (Å²) in [6, 6.07) is 7.79. The molecule has 3 aromatic heterocycles. The third-order valence-electron chi connectivity index (χ3n) is 4.85. The summed E-state index contributed by atoms with van der Waals surface area (Å²) in [7, 11) is 0. The Labute approximate surface area is 156 Å². The number of nitrogens with zero attached hydrogens (tertiary/aromatic N) is 4. The van der Waals surface area contributed by atoms with Gasteiger partial charge in [0.25, 0.3) is 0 Å². The predicted molar refractivity (Wildman–Crippen MR) is 104 cm³/mol. The zero-order chi connectivity index (χ0) is 18.1. The summed E-state index contributed by atoms with van der Waals surface area (Å²) in [6.45, 7) is 6.04. The van der Waals surface area contributed by atoms with E-state index in [1.54, 1.807) is 17.5 Å². The molecule has 4 rings (SSSR count). The Morgan fingerprint density at radius 2 is 2.19 bits per heavy atom. The monoisotopic (exact) mass is 369 g/mol. The third kappa shape index (κ3) is 3.42. The molecule has 0 amide bonds. The summed E-state index contributed by atoms with van der Waals surface area (Å²) in [5.41, 5.74) is 2.48. The van der Waals surface area contributed by atoms with E-state index in [0.29, 0.717) is 17.6 Å². The highest BCUT2D eigenvalue weighted by molar-refractivity contribution is 7.17. The lowest BCUT2D eigenvalue weighted by atomic mass is 10.2. The molecule has 1 saturated heterocycles. The van der Waals surface area contributed by atoms with Gasteiger partial charge in [0.2, 0.25) is 5.95 Å². The van der Waals surface area contributed by atoms with Gasteiger partial charge in [-0.2, -0.15) is 0 Å². The van der Waals surface area contributed by atoms with Crippen molar-refractivity contribution in [1.29, 1.82) is 0 Å². The molecule has 0 saturated carbocycles. The van der Waals surface area contributed by atoms with Gasteiger partial charge in [-0.05, 0) is 42.8 Å². The standard InChI is InChI=1S/C19H23N5OS/c1-12-6-9-24(11-12)18(25)16-17-15(7-10-26-17)22-19(23-16)21-13(2)14-5-3-4-8-20-14/h3-5,7-8,10,12-13,18,25H,6,9,11H2,1-2H3,(H,21,22,23)/t12-,13-,18?/m0/s1. The van der Waals surface area contributed by atoms with Gasteiger partial charge in [0.1, 0.15) is 5.69 Å². The fourth-order valence-electron chi connectivity index (χ4n) is 3.39. The van der Waals surface area contributed by atoms with E-state index in [0.717, 1.165) is 35.4 Å². The van der Waals surface area contributed by atoms with Gasteiger partial charge in [0, 0.05) is 19.3 Å². The van der Waals surface area contributed by atoms with Crippen molar-refractivity contribution in [1.82, 2.24) is 19.9 Å². The molecule has 136 valence electrons. The quantitative estimate of drug-likeness (QED) is 0.716. The molecule has 0 aromatic carbocycles. The van der Waals surface area contributed by atoms with Gasteiger partial charge in [-0.25, -0.2) is 9.97 Å². The van der Waals surface area contributed by atoms with Crippen molar-refractivity contribution in [2.45, 2.75) is 32.5 Å². The minimum Gasteiger partial charge on any atom is -0.372 e. The van der Waals surface area contributed by atoms with E-state index >= 15 is 0 Å². The van der Waals surface area contributed by atoms with Crippen LogP contribution in [0.25, 0.3) is 10.2 Å². The maximum atomic E-state index is 10.9. The Morgan fingerprint density at radius 3 is 2.92 bits per heavy atom. The van der Waals surface area contributed by atoms with Gasteiger partial charge >= 0.3 is 0 Å². The van der Waals surface area contributed by atoms with E-state index in [9.17, 15) is 5.11 Å². The average molecular weight is 369 g/mol. The second kappa shape index (κ2) is 7.26. The Balaban J connectivity index is 1.64. The number of hydrogen-bond acceptors (Lipinski definition) is 7. The van der Waals surface area contributed by atoms with Crippen LogP contribution in [-0.2, 0) is 0 Å². The number of aliphatic hydroxyl groups excluding tert-OH is 1. The second-order valence-electron chi connectivity index (χ2n) is 6.95. The molecule has 1 aliphatic heterocycles. The highest BCUT2D eigenvalue weighted by Crippen LogP contribution is 2.32. The fraction of sp³-hybridized carbons (Fsp3) is 0.421. The Kier molecular flexibility index (Phi) is 4.84. The van der Waals surface area contributed by atoms with E-state index in [4.69, 9.17) is 0 Å². The number of nitrogens with one attached hydrogen (secondary N) is 1. The summed E-state index contributed by atoms with van der Waals surface area (Å²) in [4.78, 5) is 15.8. The molecule has 6 nitrogen and oxygen atoms in total. The predicted octanol–water partition coefficient (Wildman–Crippen LogP) is 3.59. The van der Waals surface area contributed by atoms with Gasteiger partial charge in [0.15, 0.2) is 6.23 Å². The lowest BCUT2D eigenvalue weighted by Gasteiger charge is -2.23. The lowest BCUT2D eigenvalue weighted by molar-refractivity contribution is 0.0148. The molecule has 0 aliphatic carbocycles. The van der Waals surface area contributed by atoms with Gasteiger partial charge in [-0.3, -0.25) is 9.88 Å². The minimum atomic E-state index is -0.699. The van der Waals surface area contributed by atoms with Crippen LogP contribution in [0.4, 0.5) is 5.95 Å². The number of thiophene rings is 1. The van der Waals surface area contributed by atoms with E-state index < -0.39 is 6.23 Å². The largest absolute Gasteiger partial charge is 0.372 e. The molecule has 1 unspecified atom stereocenters. The number of fused-ring (bicyclic) bond motifs is 1. The molecule has 3 aromatic rings. The van der Waals surface area contributed by atoms with Gasteiger partial charge in [-0.15, -0.1) is 11.3 Å². The second-order valence-corrected chi connectivity index (χ2v) is 7.87. The topological polar surface area (TPSA) is 74.2 Å². The third-order valence-corrected chi connectivity index (χ3v) is 5.78. The highest BCUT2D eigenvalue weighted by atomic mass is 32.1. The van der Waals surface area contributed by atoms with Gasteiger partial charge < -0.3 is 10.4 Å². The number of anilines is 1. The Hall–Kier alpha value is -2.09. The van der Waals surface area contributed by atoms with Crippen molar-refractivity contribution in [2.24, 2.45) is 5.92 Å². The SMILES string of the molecule is C[C@H]1CCN(C(O)c2nc(N[C@@H](C)c3ccccn3)nc3ccsc23)C1. The van der Waals surface area contributed by atoms with Crippen LogP contribution >= 0.6 is 11.3 Å². The summed E-state index contributed by atoms with van der Waals surface area (Å²) in [5.74, 6) is 1.13. The van der Waals surface area contributed by atoms with Crippen molar-refractivity contribution >= 4 is 27.5 Å². The van der Waals surface area contributed by atoms with Crippen LogP contribution in [0.5, 0.6) is 0 Å². The molecule has 1 fully saturated rings. The van der Waals surface area contributed by atoms with E-state index in [1.807, 2.05) is 36.6 Å². The summed E-state index contributed by atoms with van der Waals surface area (Å²) < 4.78 is 0.952. The first-order chi connectivity index (χ1) is 12.6. The first-order valence-electron chi connectivity index (χ1n) is 8.96. The average Bonchev–Trinajstić information content (AvgIpc) is 3.30. The molecule has 3 atom stereocenters. The number of pyridine rings is 1. The zero-order valence-corrected chi connectivity index (χ0v) is 15.8. The maximum Gasteiger partial charge on any atom is 0.224 e. The molecule has 0 spiro atoms. The van der Waals surface area contributed by atoms with Crippen molar-refractivity contribution in [3.8, 4) is 0 Å². The molecular weight excluding hydrogens is 346 g/mol. The van der Waals surface area contributed by atoms with Gasteiger partial charge in [0.05, 0.1) is 22.0 Å². The number of aliphatic hydroxyl groups is 1. The summed E-state index contributed by atoms with van der Waals surface area (Å²) in [6.07, 6.45) is 2.19. The fourth-order valence-corrected chi connectivity index (χ4v) is 4.23. The van der Waals surface area contributed by atoms with Crippen LogP contribution in [0, 0.1) is 5.92 Å². The Bertz CT molecular complexity index is 884. The molecule has 0 radical (unpaired) electrons. The molecule has 26 heavy (non-hydrogen) atoms. The van der Waals surface area contributed by atoms with E-state index in [2.05, 4.69) is 32.1 Å². The van der Waals surface area contributed by atoms with Crippen LogP contribution in [0.3, 0.4) is 0 Å². The number of rotatable bonds is 5. The Morgan fingerprint density at radius 1 is 1.31 bits per heavy atom. The van der Waals surface area contributed by atoms with Gasteiger partial charge in [-0.1, -0.05) is 13.0 Å². The summed E-state index contributed by atoms with van der Waals surface area (Å²) >= 11 is 1.57. The van der Waals surface area contributed by atoms with Crippen molar-refractivity contribution < 1.29 is 5.11 Å². The molecular formula is C19H23N5OS. The van der Waals surface area contributed by atoms with Crippen LogP contribution in [-0.4, -0.2) is 38.0 Å². The number of aromatic nitrogens is 3. The van der Waals surface area contributed by atoms with Crippen molar-refractivity contribution in [2.75, 3.05) is 18.4 Å². The summed E-state index contributed by atoms with van der Waals surface area (Å²) in [5, 5.41) is 16.3. The number of likely N-dealkylation sites (tertiary alicyclic amines) is 1. The van der Waals surface area contributed by atoms with Crippen LogP contribution in [0.2, 0.25) is 0 Å². The molecule has 4 heterocycles. The normalized spacial score (nSPS) is 20.3. The van der Waals surface area contributed by atoms with Crippen molar-refractivity contribution in [3.63, 3.8) is 0 Å². The first kappa shape index (κ1) is 17.3. The molecule has 2 N–H and O–H groups in total. The number of hydrogen-bond donors (Lipinski definition) is 2.